The van der Waals surface area contributed by atoms with E-state index in [1.165, 1.54) is 31.4 Å². The molecule has 0 atom stereocenters. The number of anilines is 1. The third-order valence-electron chi connectivity index (χ3n) is 2.12. The molecule has 4 heteroatoms. The van der Waals surface area contributed by atoms with Crippen LogP contribution in [-0.2, 0) is 0 Å². The first kappa shape index (κ1) is 12.3. The minimum Gasteiger partial charge on any atom is -0.354 e. The predicted octanol–water partition coefficient (Wildman–Crippen LogP) is 2.81. The summed E-state index contributed by atoms with van der Waals surface area (Å²) in [6, 6.07) is 1.83. The quantitative estimate of drug-likeness (QED) is 0.690. The normalized spacial score (nSPS) is 10.2. The topological polar surface area (TPSA) is 37.8 Å². The molecule has 0 fully saturated rings. The van der Waals surface area contributed by atoms with Gasteiger partial charge in [0.2, 0.25) is 5.95 Å². The number of rotatable bonds is 8. The molecule has 1 aromatic rings. The van der Waals surface area contributed by atoms with Crippen LogP contribution in [-0.4, -0.2) is 28.5 Å². The summed E-state index contributed by atoms with van der Waals surface area (Å²) in [5.74, 6) is 2.02. The lowest BCUT2D eigenvalue weighted by Gasteiger charge is -2.03. The van der Waals surface area contributed by atoms with Crippen molar-refractivity contribution in [3.63, 3.8) is 0 Å². The van der Waals surface area contributed by atoms with Crippen molar-refractivity contribution in [1.82, 2.24) is 9.97 Å². The zero-order chi connectivity index (χ0) is 10.8. The summed E-state index contributed by atoms with van der Waals surface area (Å²) >= 11 is 1.93. The maximum absolute atomic E-state index is 4.10. The standard InChI is InChI=1S/C11H19N3S/c1-15-10-5-3-2-4-7-12-11-13-8-6-9-14-11/h6,8-9H,2-5,7,10H2,1H3,(H,12,13,14). The van der Waals surface area contributed by atoms with Crippen LogP contribution in [0.2, 0.25) is 0 Å². The maximum atomic E-state index is 4.10. The second-order valence-electron chi connectivity index (χ2n) is 3.41. The largest absolute Gasteiger partial charge is 0.354 e. The number of unbranched alkanes of at least 4 members (excludes halogenated alkanes) is 3. The van der Waals surface area contributed by atoms with Crippen LogP contribution in [0, 0.1) is 0 Å². The predicted molar refractivity (Wildman–Crippen MR) is 67.4 cm³/mol. The van der Waals surface area contributed by atoms with Crippen LogP contribution in [0.15, 0.2) is 18.5 Å². The maximum Gasteiger partial charge on any atom is 0.222 e. The third kappa shape index (κ3) is 6.33. The Hall–Kier alpha value is -0.770. The van der Waals surface area contributed by atoms with E-state index in [1.54, 1.807) is 12.4 Å². The van der Waals surface area contributed by atoms with Gasteiger partial charge in [0, 0.05) is 18.9 Å². The lowest BCUT2D eigenvalue weighted by molar-refractivity contribution is 0.687. The SMILES string of the molecule is CSCCCCCCNc1ncccn1. The van der Waals surface area contributed by atoms with Crippen molar-refractivity contribution in [2.24, 2.45) is 0 Å². The minimum absolute atomic E-state index is 0.738. The Labute approximate surface area is 96.1 Å². The van der Waals surface area contributed by atoms with E-state index < -0.39 is 0 Å². The van der Waals surface area contributed by atoms with Crippen molar-refractivity contribution in [1.29, 1.82) is 0 Å². The van der Waals surface area contributed by atoms with Crippen molar-refractivity contribution in [3.8, 4) is 0 Å². The summed E-state index contributed by atoms with van der Waals surface area (Å²) in [7, 11) is 0. The van der Waals surface area contributed by atoms with Crippen molar-refractivity contribution in [3.05, 3.63) is 18.5 Å². The number of hydrogen-bond acceptors (Lipinski definition) is 4. The molecule has 1 rings (SSSR count). The minimum atomic E-state index is 0.738. The molecule has 0 aromatic carbocycles. The molecular formula is C11H19N3S. The van der Waals surface area contributed by atoms with E-state index >= 15 is 0 Å². The molecule has 0 spiro atoms. The van der Waals surface area contributed by atoms with Gasteiger partial charge in [0.15, 0.2) is 0 Å². The Morgan fingerprint density at radius 2 is 1.87 bits per heavy atom. The molecule has 1 N–H and O–H groups in total. The lowest BCUT2D eigenvalue weighted by atomic mass is 10.2. The van der Waals surface area contributed by atoms with Gasteiger partial charge in [-0.1, -0.05) is 12.8 Å². The fourth-order valence-corrected chi connectivity index (χ4v) is 1.81. The zero-order valence-electron chi connectivity index (χ0n) is 9.28. The molecule has 0 saturated heterocycles. The van der Waals surface area contributed by atoms with Gasteiger partial charge in [-0.2, -0.15) is 11.8 Å². The number of thioether (sulfide) groups is 1. The number of hydrogen-bond donors (Lipinski definition) is 1. The Morgan fingerprint density at radius 1 is 1.13 bits per heavy atom. The van der Waals surface area contributed by atoms with Crippen LogP contribution in [0.5, 0.6) is 0 Å². The summed E-state index contributed by atoms with van der Waals surface area (Å²) in [5.41, 5.74) is 0. The smallest absolute Gasteiger partial charge is 0.222 e. The lowest BCUT2D eigenvalue weighted by Crippen LogP contribution is -2.04. The number of nitrogens with one attached hydrogen (secondary N) is 1. The summed E-state index contributed by atoms with van der Waals surface area (Å²) in [6.07, 6.45) is 10.8. The highest BCUT2D eigenvalue weighted by Gasteiger charge is 1.92. The molecule has 0 unspecified atom stereocenters. The fourth-order valence-electron chi connectivity index (χ4n) is 1.32. The molecule has 0 bridgehead atoms. The number of nitrogens with zero attached hydrogens (tertiary/aromatic N) is 2. The van der Waals surface area contributed by atoms with E-state index in [0.29, 0.717) is 0 Å². The highest BCUT2D eigenvalue weighted by molar-refractivity contribution is 7.98. The summed E-state index contributed by atoms with van der Waals surface area (Å²) in [5, 5.41) is 3.21. The van der Waals surface area contributed by atoms with Gasteiger partial charge in [-0.3, -0.25) is 0 Å². The van der Waals surface area contributed by atoms with Crippen LogP contribution in [0.1, 0.15) is 25.7 Å². The van der Waals surface area contributed by atoms with Crippen LogP contribution in [0.4, 0.5) is 5.95 Å². The molecule has 0 aliphatic rings. The van der Waals surface area contributed by atoms with E-state index in [9.17, 15) is 0 Å². The van der Waals surface area contributed by atoms with Crippen molar-refractivity contribution >= 4 is 17.7 Å². The molecule has 1 heterocycles. The molecule has 0 amide bonds. The van der Waals surface area contributed by atoms with Crippen LogP contribution >= 0.6 is 11.8 Å². The summed E-state index contributed by atoms with van der Waals surface area (Å²) in [6.45, 7) is 0.975. The van der Waals surface area contributed by atoms with E-state index in [0.717, 1.165) is 12.5 Å². The summed E-state index contributed by atoms with van der Waals surface area (Å²) in [4.78, 5) is 8.20. The van der Waals surface area contributed by atoms with Gasteiger partial charge in [0.1, 0.15) is 0 Å². The first-order valence-electron chi connectivity index (χ1n) is 5.43. The molecule has 84 valence electrons. The molecule has 15 heavy (non-hydrogen) atoms. The van der Waals surface area contributed by atoms with Gasteiger partial charge in [-0.15, -0.1) is 0 Å². The highest BCUT2D eigenvalue weighted by atomic mass is 32.2. The van der Waals surface area contributed by atoms with Crippen LogP contribution in [0.25, 0.3) is 0 Å². The van der Waals surface area contributed by atoms with Gasteiger partial charge in [-0.25, -0.2) is 9.97 Å². The Kier molecular flexibility index (Phi) is 7.00. The van der Waals surface area contributed by atoms with Crippen LogP contribution < -0.4 is 5.32 Å². The molecule has 1 aromatic heterocycles. The van der Waals surface area contributed by atoms with Crippen molar-refractivity contribution in [2.75, 3.05) is 23.9 Å². The van der Waals surface area contributed by atoms with E-state index in [1.807, 2.05) is 17.8 Å². The highest BCUT2D eigenvalue weighted by Crippen LogP contribution is 2.04. The molecular weight excluding hydrogens is 206 g/mol. The monoisotopic (exact) mass is 225 g/mol. The first-order valence-corrected chi connectivity index (χ1v) is 6.82. The number of aromatic nitrogens is 2. The molecule has 0 aliphatic heterocycles. The van der Waals surface area contributed by atoms with Crippen molar-refractivity contribution < 1.29 is 0 Å². The Bertz CT molecular complexity index is 241. The van der Waals surface area contributed by atoms with Gasteiger partial charge in [0.05, 0.1) is 0 Å². The zero-order valence-corrected chi connectivity index (χ0v) is 10.1. The van der Waals surface area contributed by atoms with Gasteiger partial charge >= 0.3 is 0 Å². The van der Waals surface area contributed by atoms with Gasteiger partial charge in [0.25, 0.3) is 0 Å². The van der Waals surface area contributed by atoms with Gasteiger partial charge < -0.3 is 5.32 Å². The molecule has 0 radical (unpaired) electrons. The molecule has 3 nitrogen and oxygen atoms in total. The average Bonchev–Trinajstić information content (AvgIpc) is 2.29. The molecule has 0 saturated carbocycles. The third-order valence-corrected chi connectivity index (χ3v) is 2.82. The van der Waals surface area contributed by atoms with Crippen molar-refractivity contribution in [2.45, 2.75) is 25.7 Å². The van der Waals surface area contributed by atoms with E-state index in [-0.39, 0.29) is 0 Å². The molecule has 0 aliphatic carbocycles. The first-order chi connectivity index (χ1) is 7.43. The van der Waals surface area contributed by atoms with E-state index in [4.69, 9.17) is 0 Å². The Morgan fingerprint density at radius 3 is 2.60 bits per heavy atom. The average molecular weight is 225 g/mol. The summed E-state index contributed by atoms with van der Waals surface area (Å²) < 4.78 is 0. The fraction of sp³-hybridized carbons (Fsp3) is 0.636. The second kappa shape index (κ2) is 8.53. The van der Waals surface area contributed by atoms with Crippen LogP contribution in [0.3, 0.4) is 0 Å². The van der Waals surface area contributed by atoms with Gasteiger partial charge in [-0.05, 0) is 30.9 Å². The Balaban J connectivity index is 1.93. The second-order valence-corrected chi connectivity index (χ2v) is 4.39. The van der Waals surface area contributed by atoms with E-state index in [2.05, 4.69) is 21.5 Å².